The smallest absolute Gasteiger partial charge is 0.340 e. The second kappa shape index (κ2) is 11.4. The first-order chi connectivity index (χ1) is 16.7. The van der Waals surface area contributed by atoms with Gasteiger partial charge in [-0.15, -0.1) is 0 Å². The highest BCUT2D eigenvalue weighted by atomic mass is 35.5. The Morgan fingerprint density at radius 2 is 1.71 bits per heavy atom. The van der Waals surface area contributed by atoms with Gasteiger partial charge in [-0.1, -0.05) is 74.8 Å². The summed E-state index contributed by atoms with van der Waals surface area (Å²) in [5.41, 5.74) is 4.57. The second-order valence-corrected chi connectivity index (χ2v) is 9.46. The minimum Gasteiger partial charge on any atom is -0.454 e. The molecule has 0 aliphatic carbocycles. The van der Waals surface area contributed by atoms with Gasteiger partial charge in [0.2, 0.25) is 6.79 Å². The molecule has 0 radical (unpaired) electrons. The number of halogens is 1. The van der Waals surface area contributed by atoms with Crippen LogP contribution in [0.1, 0.15) is 60.6 Å². The topological polar surface area (TPSA) is 65.7 Å². The van der Waals surface area contributed by atoms with E-state index in [9.17, 15) is 4.79 Å². The van der Waals surface area contributed by atoms with Crippen LogP contribution in [0.3, 0.4) is 0 Å². The third-order valence-electron chi connectivity index (χ3n) is 5.54. The van der Waals surface area contributed by atoms with Crippen LogP contribution in [0.5, 0.6) is 0 Å². The van der Waals surface area contributed by atoms with E-state index in [1.807, 2.05) is 32.0 Å². The quantitative estimate of drug-likeness (QED) is 0.154. The van der Waals surface area contributed by atoms with Gasteiger partial charge in [0.15, 0.2) is 5.76 Å². The number of aliphatic imine (C=N–C) groups is 1. The molecule has 3 aromatic rings. The Morgan fingerprint density at radius 1 is 1.06 bits per heavy atom. The van der Waals surface area contributed by atoms with Crippen LogP contribution in [-0.4, -0.2) is 35.8 Å². The van der Waals surface area contributed by atoms with E-state index in [2.05, 4.69) is 43.0 Å². The number of aryl methyl sites for hydroxylation is 2. The zero-order valence-electron chi connectivity index (χ0n) is 21.1. The van der Waals surface area contributed by atoms with Gasteiger partial charge in [-0.3, -0.25) is 9.67 Å². The Labute approximate surface area is 212 Å². The Bertz CT molecular complexity index is 1220. The number of carbonyl (C=O) groups is 1. The maximum Gasteiger partial charge on any atom is 0.340 e. The average Bonchev–Trinajstić information content (AvgIpc) is 3.14. The second-order valence-electron chi connectivity index (χ2n) is 9.08. The minimum atomic E-state index is -0.475. The third kappa shape index (κ3) is 6.20. The van der Waals surface area contributed by atoms with Crippen LogP contribution >= 0.6 is 11.6 Å². The van der Waals surface area contributed by atoms with E-state index in [4.69, 9.17) is 21.1 Å². The van der Waals surface area contributed by atoms with Crippen LogP contribution in [0, 0.1) is 6.92 Å². The summed E-state index contributed by atoms with van der Waals surface area (Å²) in [6.07, 6.45) is 1.72. The fourth-order valence-corrected chi connectivity index (χ4v) is 3.84. The number of esters is 1. The fraction of sp³-hybridized carbons (Fsp3) is 0.321. The monoisotopic (exact) mass is 493 g/mol. The van der Waals surface area contributed by atoms with E-state index in [0.717, 1.165) is 5.56 Å². The summed E-state index contributed by atoms with van der Waals surface area (Å²) in [6, 6.07) is 17.0. The number of hydrogen-bond donors (Lipinski definition) is 0. The molecule has 2 aromatic carbocycles. The number of ether oxygens (including phenoxy) is 2. The van der Waals surface area contributed by atoms with Crippen LogP contribution < -0.4 is 0 Å². The van der Waals surface area contributed by atoms with Crippen molar-refractivity contribution in [1.29, 1.82) is 0 Å². The molecule has 1 aromatic heterocycles. The van der Waals surface area contributed by atoms with Gasteiger partial charge in [0.1, 0.15) is 5.69 Å². The molecule has 0 amide bonds. The van der Waals surface area contributed by atoms with Crippen molar-refractivity contribution in [2.75, 3.05) is 13.8 Å². The summed E-state index contributed by atoms with van der Waals surface area (Å²) in [7, 11) is 1.69. The lowest BCUT2D eigenvalue weighted by atomic mass is 9.86. The Hall–Kier alpha value is -3.38. The molecule has 0 aliphatic heterocycles. The average molecular weight is 494 g/mol. The van der Waals surface area contributed by atoms with Gasteiger partial charge >= 0.3 is 5.97 Å². The molecular weight excluding hydrogens is 462 g/mol. The molecule has 0 N–H and O–H groups in total. The highest BCUT2D eigenvalue weighted by molar-refractivity contribution is 6.33. The van der Waals surface area contributed by atoms with Gasteiger partial charge in [-0.2, -0.15) is 5.10 Å². The summed E-state index contributed by atoms with van der Waals surface area (Å²) < 4.78 is 13.3. The number of carbonyl (C=O) groups excluding carboxylic acids is 1. The van der Waals surface area contributed by atoms with Gasteiger partial charge in [0.05, 0.1) is 16.3 Å². The fourth-order valence-electron chi connectivity index (χ4n) is 3.62. The van der Waals surface area contributed by atoms with Crippen LogP contribution in [0.4, 0.5) is 0 Å². The zero-order chi connectivity index (χ0) is 25.6. The van der Waals surface area contributed by atoms with Gasteiger partial charge in [0.25, 0.3) is 0 Å². The van der Waals surface area contributed by atoms with E-state index in [0.29, 0.717) is 39.9 Å². The van der Waals surface area contributed by atoms with Crippen molar-refractivity contribution in [3.63, 3.8) is 0 Å². The normalized spacial score (nSPS) is 12.5. The molecule has 0 saturated carbocycles. The molecule has 3 rings (SSSR count). The van der Waals surface area contributed by atoms with Crippen molar-refractivity contribution in [1.82, 2.24) is 9.78 Å². The maximum atomic E-state index is 12.5. The van der Waals surface area contributed by atoms with E-state index < -0.39 is 5.97 Å². The molecule has 6 nitrogen and oxygen atoms in total. The molecule has 184 valence electrons. The Morgan fingerprint density at radius 3 is 2.29 bits per heavy atom. The summed E-state index contributed by atoms with van der Waals surface area (Å²) in [4.78, 5) is 16.7. The van der Waals surface area contributed by atoms with Crippen LogP contribution in [0.15, 0.2) is 59.6 Å². The van der Waals surface area contributed by atoms with Gasteiger partial charge in [-0.25, -0.2) is 4.79 Å². The van der Waals surface area contributed by atoms with Crippen LogP contribution in [0.2, 0.25) is 5.02 Å². The van der Waals surface area contributed by atoms with Crippen LogP contribution in [-0.2, 0) is 21.4 Å². The van der Waals surface area contributed by atoms with E-state index in [1.54, 1.807) is 42.2 Å². The molecule has 1 heterocycles. The van der Waals surface area contributed by atoms with Crippen molar-refractivity contribution in [3.8, 4) is 0 Å². The van der Waals surface area contributed by atoms with Gasteiger partial charge in [-0.05, 0) is 42.5 Å². The Balaban J connectivity index is 2.06. The molecule has 35 heavy (non-hydrogen) atoms. The molecule has 0 atom stereocenters. The number of aromatic nitrogens is 2. The van der Waals surface area contributed by atoms with Crippen molar-refractivity contribution in [2.24, 2.45) is 4.99 Å². The molecule has 7 heteroatoms. The molecule has 0 unspecified atom stereocenters. The number of hydrogen-bond acceptors (Lipinski definition) is 5. The van der Waals surface area contributed by atoms with E-state index in [-0.39, 0.29) is 12.2 Å². The van der Waals surface area contributed by atoms with Crippen molar-refractivity contribution >= 4 is 35.1 Å². The lowest BCUT2D eigenvalue weighted by Crippen LogP contribution is -2.13. The summed E-state index contributed by atoms with van der Waals surface area (Å²) in [5.74, 6) is -0.0381. The molecule has 0 spiro atoms. The number of rotatable bonds is 8. The first-order valence-corrected chi connectivity index (χ1v) is 11.9. The largest absolute Gasteiger partial charge is 0.454 e. The van der Waals surface area contributed by atoms with Crippen molar-refractivity contribution < 1.29 is 14.3 Å². The summed E-state index contributed by atoms with van der Waals surface area (Å²) in [5, 5.41) is 5.02. The molecule has 0 fully saturated rings. The number of allylic oxidation sites excluding steroid dienone is 1. The lowest BCUT2D eigenvalue weighted by molar-refractivity contribution is 0.00661. The number of benzene rings is 2. The predicted octanol–water partition coefficient (Wildman–Crippen LogP) is 6.56. The third-order valence-corrected chi connectivity index (χ3v) is 5.99. The van der Waals surface area contributed by atoms with Crippen molar-refractivity contribution in [3.05, 3.63) is 87.7 Å². The summed E-state index contributed by atoms with van der Waals surface area (Å²) >= 11 is 6.69. The first-order valence-electron chi connectivity index (χ1n) is 11.5. The SMILES string of the molecule is CCn1nc(C)c(Cl)c1/C(OCOC(=O)c1ccccc1)=C(\C=NC)c1ccc(C(C)(C)C)cc1. The molecule has 0 bridgehead atoms. The molecule has 0 aliphatic rings. The Kier molecular flexibility index (Phi) is 8.52. The minimum absolute atomic E-state index is 0.0213. The summed E-state index contributed by atoms with van der Waals surface area (Å²) in [6.45, 7) is 10.6. The molecule has 0 saturated heterocycles. The van der Waals surface area contributed by atoms with E-state index in [1.165, 1.54) is 5.56 Å². The first kappa shape index (κ1) is 26.2. The highest BCUT2D eigenvalue weighted by Crippen LogP contribution is 2.34. The van der Waals surface area contributed by atoms with Gasteiger partial charge in [0, 0.05) is 25.4 Å². The standard InChI is InChI=1S/C28H32ClN3O3/c1-7-32-25(24(29)19(2)31-32)26(34-18-35-27(33)21-11-9-8-10-12-21)23(17-30-6)20-13-15-22(16-14-20)28(3,4)5/h8-17H,7,18H2,1-6H3/b26-23-,30-17?. The maximum absolute atomic E-state index is 12.5. The molecular formula is C28H32ClN3O3. The van der Waals surface area contributed by atoms with Crippen LogP contribution in [0.25, 0.3) is 11.3 Å². The van der Waals surface area contributed by atoms with E-state index >= 15 is 0 Å². The predicted molar refractivity (Wildman–Crippen MR) is 142 cm³/mol. The zero-order valence-corrected chi connectivity index (χ0v) is 21.9. The number of nitrogens with zero attached hydrogens (tertiary/aromatic N) is 3. The van der Waals surface area contributed by atoms with Crippen molar-refractivity contribution in [2.45, 2.75) is 46.6 Å². The highest BCUT2D eigenvalue weighted by Gasteiger charge is 2.23. The lowest BCUT2D eigenvalue weighted by Gasteiger charge is -2.20. The van der Waals surface area contributed by atoms with Gasteiger partial charge < -0.3 is 9.47 Å².